The molecule has 0 unspecified atom stereocenters. The molecule has 0 aromatic heterocycles. The predicted octanol–water partition coefficient (Wildman–Crippen LogP) is 3.22. The van der Waals surface area contributed by atoms with E-state index in [1.54, 1.807) is 24.3 Å². The standard InChI is InChI=1S/C12H15ClO3/c1-12(2,7-11(14)15)8-16-10-5-3-9(13)4-6-10/h3-6H,7-8H2,1-2H3,(H,14,15). The van der Waals surface area contributed by atoms with Crippen LogP contribution in [0.2, 0.25) is 5.02 Å². The van der Waals surface area contributed by atoms with Crippen molar-refractivity contribution in [2.75, 3.05) is 6.61 Å². The van der Waals surface area contributed by atoms with Gasteiger partial charge in [0, 0.05) is 10.4 Å². The van der Waals surface area contributed by atoms with E-state index >= 15 is 0 Å². The summed E-state index contributed by atoms with van der Waals surface area (Å²) in [5.74, 6) is -0.118. The van der Waals surface area contributed by atoms with Crippen molar-refractivity contribution >= 4 is 17.6 Å². The number of hydrogen-bond acceptors (Lipinski definition) is 2. The van der Waals surface area contributed by atoms with Gasteiger partial charge in [0.25, 0.3) is 0 Å². The van der Waals surface area contributed by atoms with Crippen molar-refractivity contribution in [3.05, 3.63) is 29.3 Å². The average molecular weight is 243 g/mol. The minimum absolute atomic E-state index is 0.0839. The van der Waals surface area contributed by atoms with Crippen LogP contribution in [-0.4, -0.2) is 17.7 Å². The van der Waals surface area contributed by atoms with E-state index in [1.807, 2.05) is 13.8 Å². The van der Waals surface area contributed by atoms with Gasteiger partial charge in [-0.25, -0.2) is 0 Å². The van der Waals surface area contributed by atoms with Gasteiger partial charge in [-0.1, -0.05) is 25.4 Å². The third-order valence-corrected chi connectivity index (χ3v) is 2.32. The van der Waals surface area contributed by atoms with Gasteiger partial charge in [-0.2, -0.15) is 0 Å². The molecule has 0 spiro atoms. The van der Waals surface area contributed by atoms with Crippen LogP contribution < -0.4 is 4.74 Å². The second-order valence-corrected chi connectivity index (χ2v) is 4.91. The van der Waals surface area contributed by atoms with E-state index < -0.39 is 5.97 Å². The number of halogens is 1. The Morgan fingerprint density at radius 2 is 1.94 bits per heavy atom. The Bertz CT molecular complexity index is 357. The number of benzene rings is 1. The Morgan fingerprint density at radius 3 is 2.44 bits per heavy atom. The lowest BCUT2D eigenvalue weighted by atomic mass is 9.91. The molecular weight excluding hydrogens is 228 g/mol. The van der Waals surface area contributed by atoms with E-state index in [2.05, 4.69) is 0 Å². The highest BCUT2D eigenvalue weighted by Crippen LogP contribution is 2.23. The van der Waals surface area contributed by atoms with Crippen molar-refractivity contribution in [2.24, 2.45) is 5.41 Å². The second kappa shape index (κ2) is 5.21. The van der Waals surface area contributed by atoms with E-state index in [9.17, 15) is 4.79 Å². The predicted molar refractivity (Wildman–Crippen MR) is 63.0 cm³/mol. The van der Waals surface area contributed by atoms with Crippen molar-refractivity contribution in [2.45, 2.75) is 20.3 Å². The summed E-state index contributed by atoms with van der Waals surface area (Å²) in [5, 5.41) is 9.36. The summed E-state index contributed by atoms with van der Waals surface area (Å²) in [5.41, 5.74) is -0.383. The normalized spacial score (nSPS) is 11.2. The highest BCUT2D eigenvalue weighted by atomic mass is 35.5. The Kier molecular flexibility index (Phi) is 4.19. The number of carboxylic acid groups (broad SMARTS) is 1. The Hall–Kier alpha value is -1.22. The fourth-order valence-electron chi connectivity index (χ4n) is 1.27. The fraction of sp³-hybridized carbons (Fsp3) is 0.417. The maximum absolute atomic E-state index is 10.6. The van der Waals surface area contributed by atoms with Gasteiger partial charge < -0.3 is 9.84 Å². The highest BCUT2D eigenvalue weighted by molar-refractivity contribution is 6.30. The molecule has 0 fully saturated rings. The zero-order valence-corrected chi connectivity index (χ0v) is 10.1. The number of carboxylic acids is 1. The van der Waals surface area contributed by atoms with Gasteiger partial charge in [0.15, 0.2) is 0 Å². The van der Waals surface area contributed by atoms with Crippen molar-refractivity contribution in [3.63, 3.8) is 0 Å². The van der Waals surface area contributed by atoms with Gasteiger partial charge in [0.2, 0.25) is 0 Å². The first-order valence-electron chi connectivity index (χ1n) is 4.99. The van der Waals surface area contributed by atoms with Crippen molar-refractivity contribution in [1.29, 1.82) is 0 Å². The van der Waals surface area contributed by atoms with Crippen LogP contribution in [0.5, 0.6) is 5.75 Å². The van der Waals surface area contributed by atoms with E-state index in [1.165, 1.54) is 0 Å². The van der Waals surface area contributed by atoms with Gasteiger partial charge in [0.05, 0.1) is 13.0 Å². The summed E-state index contributed by atoms with van der Waals surface area (Å²) in [6.45, 7) is 4.08. The Morgan fingerprint density at radius 1 is 1.38 bits per heavy atom. The number of aliphatic carboxylic acids is 1. The third-order valence-electron chi connectivity index (χ3n) is 2.07. The minimum Gasteiger partial charge on any atom is -0.493 e. The maximum Gasteiger partial charge on any atom is 0.304 e. The average Bonchev–Trinajstić information content (AvgIpc) is 2.15. The largest absolute Gasteiger partial charge is 0.493 e. The zero-order valence-electron chi connectivity index (χ0n) is 9.37. The van der Waals surface area contributed by atoms with Gasteiger partial charge >= 0.3 is 5.97 Å². The molecule has 0 heterocycles. The molecular formula is C12H15ClO3. The molecule has 0 amide bonds. The summed E-state index contributed by atoms with van der Waals surface area (Å²) in [7, 11) is 0. The molecule has 0 atom stereocenters. The molecule has 0 saturated heterocycles. The fourth-order valence-corrected chi connectivity index (χ4v) is 1.40. The molecule has 4 heteroatoms. The lowest BCUT2D eigenvalue weighted by Crippen LogP contribution is -2.24. The first-order chi connectivity index (χ1) is 7.39. The van der Waals surface area contributed by atoms with Crippen molar-refractivity contribution < 1.29 is 14.6 Å². The lowest BCUT2D eigenvalue weighted by Gasteiger charge is -2.22. The molecule has 0 bridgehead atoms. The van der Waals surface area contributed by atoms with Crippen LogP contribution in [0, 0.1) is 5.41 Å². The van der Waals surface area contributed by atoms with Gasteiger partial charge in [-0.05, 0) is 24.3 Å². The summed E-state index contributed by atoms with van der Waals surface area (Å²) < 4.78 is 5.50. The van der Waals surface area contributed by atoms with Gasteiger partial charge in [-0.3, -0.25) is 4.79 Å². The van der Waals surface area contributed by atoms with Gasteiger partial charge in [-0.15, -0.1) is 0 Å². The Labute approximate surface area is 100.0 Å². The first kappa shape index (κ1) is 12.8. The zero-order chi connectivity index (χ0) is 12.2. The number of rotatable bonds is 5. The second-order valence-electron chi connectivity index (χ2n) is 4.48. The molecule has 0 aliphatic rings. The monoisotopic (exact) mass is 242 g/mol. The van der Waals surface area contributed by atoms with Crippen LogP contribution in [0.25, 0.3) is 0 Å². The Balaban J connectivity index is 2.50. The molecule has 1 N–H and O–H groups in total. The first-order valence-corrected chi connectivity index (χ1v) is 5.37. The van der Waals surface area contributed by atoms with E-state index in [0.717, 1.165) is 0 Å². The third kappa shape index (κ3) is 4.53. The van der Waals surface area contributed by atoms with Crippen LogP contribution in [0.1, 0.15) is 20.3 Å². The number of ether oxygens (including phenoxy) is 1. The van der Waals surface area contributed by atoms with Crippen LogP contribution in [0.4, 0.5) is 0 Å². The van der Waals surface area contributed by atoms with E-state index in [-0.39, 0.29) is 11.8 Å². The molecule has 16 heavy (non-hydrogen) atoms. The number of hydrogen-bond donors (Lipinski definition) is 1. The molecule has 88 valence electrons. The minimum atomic E-state index is -0.815. The molecule has 1 rings (SSSR count). The molecule has 0 aliphatic carbocycles. The molecule has 1 aromatic carbocycles. The smallest absolute Gasteiger partial charge is 0.304 e. The number of carbonyl (C=O) groups is 1. The van der Waals surface area contributed by atoms with Crippen molar-refractivity contribution in [3.8, 4) is 5.75 Å². The lowest BCUT2D eigenvalue weighted by molar-refractivity contribution is -0.139. The van der Waals surface area contributed by atoms with Gasteiger partial charge in [0.1, 0.15) is 5.75 Å². The molecule has 0 saturated carbocycles. The van der Waals surface area contributed by atoms with E-state index in [4.69, 9.17) is 21.4 Å². The summed E-state index contributed by atoms with van der Waals surface area (Å²) in [4.78, 5) is 10.6. The van der Waals surface area contributed by atoms with Crippen molar-refractivity contribution in [1.82, 2.24) is 0 Å². The van der Waals surface area contributed by atoms with E-state index in [0.29, 0.717) is 17.4 Å². The SMILES string of the molecule is CC(C)(COc1ccc(Cl)cc1)CC(=O)O. The quantitative estimate of drug-likeness (QED) is 0.862. The summed E-state index contributed by atoms with van der Waals surface area (Å²) in [6, 6.07) is 7.00. The molecule has 0 radical (unpaired) electrons. The van der Waals surface area contributed by atoms with Crippen LogP contribution in [0.3, 0.4) is 0 Å². The van der Waals surface area contributed by atoms with Crippen LogP contribution in [-0.2, 0) is 4.79 Å². The molecule has 0 aliphatic heterocycles. The molecule has 1 aromatic rings. The molecule has 3 nitrogen and oxygen atoms in total. The topological polar surface area (TPSA) is 46.5 Å². The highest BCUT2D eigenvalue weighted by Gasteiger charge is 2.22. The summed E-state index contributed by atoms with van der Waals surface area (Å²) in [6.07, 6.45) is 0.0839. The summed E-state index contributed by atoms with van der Waals surface area (Å²) >= 11 is 5.74. The maximum atomic E-state index is 10.6. The van der Waals surface area contributed by atoms with Crippen LogP contribution >= 0.6 is 11.6 Å². The van der Waals surface area contributed by atoms with Crippen LogP contribution in [0.15, 0.2) is 24.3 Å².